The van der Waals surface area contributed by atoms with Crippen LogP contribution < -0.4 is 0 Å². The Hall–Kier alpha value is -1.71. The number of hydrogen-bond donors (Lipinski definition) is 15. The largest absolute Gasteiger partial charge is 0.432 e. The van der Waals surface area contributed by atoms with Crippen molar-refractivity contribution in [1.29, 1.82) is 0 Å². The molecule has 0 bridgehead atoms. The molecule has 0 unspecified atom stereocenters. The van der Waals surface area contributed by atoms with E-state index in [4.69, 9.17) is 42.6 Å². The minimum atomic E-state index is -1.89. The van der Waals surface area contributed by atoms with Crippen molar-refractivity contribution in [2.24, 2.45) is 56.2 Å². The second-order valence-corrected chi connectivity index (χ2v) is 29.2. The molecular weight excluding hydrogens is 1120 g/mol. The van der Waals surface area contributed by atoms with Gasteiger partial charge in [-0.05, 0) is 129 Å². The third-order valence-electron chi connectivity index (χ3n) is 23.8. The molecule has 25 nitrogen and oxygen atoms in total. The fourth-order valence-corrected chi connectivity index (χ4v) is 18.3. The zero-order chi connectivity index (χ0) is 62.2. The fraction of sp³-hybridized carbons (Fsp3) is 0.950. The molecule has 0 aromatic heterocycles. The third kappa shape index (κ3) is 10.9. The van der Waals surface area contributed by atoms with E-state index in [2.05, 4.69) is 54.5 Å². The van der Waals surface area contributed by atoms with Crippen molar-refractivity contribution in [3.05, 3.63) is 11.6 Å². The van der Waals surface area contributed by atoms with E-state index in [1.807, 2.05) is 0 Å². The van der Waals surface area contributed by atoms with Crippen molar-refractivity contribution >= 4 is 5.97 Å². The van der Waals surface area contributed by atoms with E-state index in [-0.39, 0.29) is 45.3 Å². The van der Waals surface area contributed by atoms with Gasteiger partial charge in [0.05, 0.1) is 43.5 Å². The number of allylic oxidation sites excluding steroid dienone is 2. The van der Waals surface area contributed by atoms with Gasteiger partial charge in [0.25, 0.3) is 0 Å². The first kappa shape index (κ1) is 66.2. The number of hydrogen-bond acceptors (Lipinski definition) is 25. The topological polar surface area (TPSA) is 404 Å². The van der Waals surface area contributed by atoms with Gasteiger partial charge < -0.3 is 119 Å². The van der Waals surface area contributed by atoms with Crippen molar-refractivity contribution in [1.82, 2.24) is 0 Å². The summed E-state index contributed by atoms with van der Waals surface area (Å²) >= 11 is 0. The van der Waals surface area contributed by atoms with Crippen LogP contribution in [0.15, 0.2) is 11.6 Å². The van der Waals surface area contributed by atoms with Crippen LogP contribution in [-0.4, -0.2) is 256 Å². The van der Waals surface area contributed by atoms with Crippen LogP contribution in [0.5, 0.6) is 0 Å². The number of rotatable bonds is 12. The van der Waals surface area contributed by atoms with Crippen LogP contribution in [-0.2, 0) is 47.4 Å². The molecule has 0 amide bonds. The van der Waals surface area contributed by atoms with Gasteiger partial charge >= 0.3 is 5.97 Å². The van der Waals surface area contributed by atoms with E-state index in [1.165, 1.54) is 19.4 Å². The maximum Gasteiger partial charge on any atom is 0.315 e. The van der Waals surface area contributed by atoms with Crippen LogP contribution in [0.25, 0.3) is 0 Å². The van der Waals surface area contributed by atoms with Gasteiger partial charge in [0.1, 0.15) is 110 Å². The number of esters is 1. The summed E-state index contributed by atoms with van der Waals surface area (Å²) in [5.74, 6) is -0.855. The molecular formula is C60H98O25. The van der Waals surface area contributed by atoms with Crippen molar-refractivity contribution in [3.8, 4) is 0 Å². The average Bonchev–Trinajstić information content (AvgIpc) is 0.757. The molecule has 4 saturated carbocycles. The second-order valence-electron chi connectivity index (χ2n) is 29.2. The van der Waals surface area contributed by atoms with E-state index >= 15 is 4.79 Å². The Bertz CT molecular complexity index is 2380. The predicted octanol–water partition coefficient (Wildman–Crippen LogP) is -1.88. The van der Waals surface area contributed by atoms with Gasteiger partial charge in [0.2, 0.25) is 6.29 Å². The quantitative estimate of drug-likeness (QED) is 0.0751. The zero-order valence-electron chi connectivity index (χ0n) is 50.3. The number of ether oxygens (including phenoxy) is 9. The maximum atomic E-state index is 15.3. The standard InChI is InChI=1S/C60H98O25/c1-24-34(63)38(67)43(72)51(78-24)83-48-30(22-62)81-50(46(75)42(48)71)77-23-31-37(66)40(69)45(74)53(82-31)85-54(76)60-18-16-55(3,4)20-28(60)26-10-11-33-57(7)14-12-27(56(5,6)32(57)13-15-59(33,9)58(26,8)17-19-60)47-49(41(70)36(65)29(21-61)80-47)84-52-44(73)39(68)35(64)25(2)79-52/h10,24-25,27-53,61-75H,11-23H2,1-9H3/t24-,25-,27+,28-,29+,30+,31+,32-,33+,34-,35-,36+,37+,38+,39+,40-,41-,42+,43+,44+,45+,46+,47-,48+,49+,50+,51-,52-,53-,57-,58+,59+,60-/m0/s1. The average molecular weight is 1220 g/mol. The van der Waals surface area contributed by atoms with E-state index in [9.17, 15) is 76.6 Å². The van der Waals surface area contributed by atoms with Gasteiger partial charge in [0, 0.05) is 0 Å². The molecule has 5 heterocycles. The first-order valence-corrected chi connectivity index (χ1v) is 30.9. The Morgan fingerprint density at radius 3 is 1.67 bits per heavy atom. The molecule has 0 spiro atoms. The summed E-state index contributed by atoms with van der Waals surface area (Å²) in [4.78, 5) is 15.3. The van der Waals surface area contributed by atoms with Crippen molar-refractivity contribution in [3.63, 3.8) is 0 Å². The Morgan fingerprint density at radius 1 is 0.529 bits per heavy atom. The lowest BCUT2D eigenvalue weighted by Crippen LogP contribution is -2.68. The Labute approximate surface area is 496 Å². The van der Waals surface area contributed by atoms with Crippen LogP contribution >= 0.6 is 0 Å². The highest BCUT2D eigenvalue weighted by Gasteiger charge is 2.71. The van der Waals surface area contributed by atoms with Crippen LogP contribution in [0.1, 0.15) is 127 Å². The predicted molar refractivity (Wildman–Crippen MR) is 291 cm³/mol. The number of carbonyl (C=O) groups is 1. The van der Waals surface area contributed by atoms with E-state index < -0.39 is 190 Å². The fourth-order valence-electron chi connectivity index (χ4n) is 18.3. The summed E-state index contributed by atoms with van der Waals surface area (Å²) < 4.78 is 53.7. The molecule has 33 atom stereocenters. The highest BCUT2D eigenvalue weighted by Crippen LogP contribution is 2.76. The van der Waals surface area contributed by atoms with Crippen LogP contribution in [0, 0.1) is 56.2 Å². The van der Waals surface area contributed by atoms with Gasteiger partial charge in [-0.25, -0.2) is 0 Å². The molecule has 0 aromatic carbocycles. The van der Waals surface area contributed by atoms with E-state index in [0.717, 1.165) is 25.7 Å². The molecule has 5 aliphatic heterocycles. The summed E-state index contributed by atoms with van der Waals surface area (Å²) in [6.07, 6.45) is -29.0. The van der Waals surface area contributed by atoms with Crippen LogP contribution in [0.4, 0.5) is 0 Å². The van der Waals surface area contributed by atoms with Gasteiger partial charge in [0.15, 0.2) is 18.9 Å². The molecule has 10 rings (SSSR count). The highest BCUT2D eigenvalue weighted by molar-refractivity contribution is 5.79. The van der Waals surface area contributed by atoms with Crippen LogP contribution in [0.3, 0.4) is 0 Å². The Kier molecular flexibility index (Phi) is 18.8. The normalized spacial score (nSPS) is 55.0. The van der Waals surface area contributed by atoms with E-state index in [1.54, 1.807) is 0 Å². The SMILES string of the molecule is C[C@@H]1O[C@@H](O[C@@H]2[C@@H](O)[C@H](O)[C@@H](CO)O[C@H]2[C@H]2CC[C@]3(C)[C@H]4CC=C5[C@@H]6CC(C)(C)CC[C@]6(C(=O)O[C@@H]6O[C@H](CO[C@@H]7O[C@H](CO)[C@@H](O[C@@H]8O[C@@H](C)[C@H](O)[C@@H](O)[C@H]8O)[C@H](O)[C@H]7O)[C@@H](O)[C@H](O)[C@H]6O)CC[C@@]5(C)[C@]4(C)CC[C@H]3C2(C)C)[C@H](O)[C@H](O)[C@H]1O. The number of carbonyl (C=O) groups excluding carboxylic acids is 1. The molecule has 25 heteroatoms. The molecule has 5 saturated heterocycles. The molecule has 10 aliphatic rings. The molecule has 9 fully saturated rings. The molecule has 5 aliphatic carbocycles. The van der Waals surface area contributed by atoms with Gasteiger partial charge in [-0.15, -0.1) is 0 Å². The summed E-state index contributed by atoms with van der Waals surface area (Å²) in [5.41, 5.74) is -1.34. The summed E-state index contributed by atoms with van der Waals surface area (Å²) in [6.45, 7) is 16.9. The lowest BCUT2D eigenvalue weighted by molar-refractivity contribution is -0.361. The number of aliphatic hydroxyl groups excluding tert-OH is 15. The van der Waals surface area contributed by atoms with Gasteiger partial charge in [-0.2, -0.15) is 0 Å². The summed E-state index contributed by atoms with van der Waals surface area (Å²) in [7, 11) is 0. The monoisotopic (exact) mass is 1220 g/mol. The molecule has 85 heavy (non-hydrogen) atoms. The lowest BCUT2D eigenvalue weighted by Gasteiger charge is -2.72. The Balaban J connectivity index is 0.848. The highest BCUT2D eigenvalue weighted by atomic mass is 16.8. The van der Waals surface area contributed by atoms with Crippen molar-refractivity contribution in [2.45, 2.75) is 280 Å². The minimum Gasteiger partial charge on any atom is -0.432 e. The molecule has 0 radical (unpaired) electrons. The van der Waals surface area contributed by atoms with Crippen molar-refractivity contribution in [2.75, 3.05) is 19.8 Å². The first-order chi connectivity index (χ1) is 39.7. The van der Waals surface area contributed by atoms with Gasteiger partial charge in [-0.1, -0.05) is 60.1 Å². The Morgan fingerprint density at radius 2 is 1.06 bits per heavy atom. The van der Waals surface area contributed by atoms with E-state index in [0.29, 0.717) is 38.5 Å². The maximum absolute atomic E-state index is 15.3. The smallest absolute Gasteiger partial charge is 0.315 e. The molecule has 0 aromatic rings. The third-order valence-corrected chi connectivity index (χ3v) is 23.8. The van der Waals surface area contributed by atoms with Gasteiger partial charge in [-0.3, -0.25) is 4.79 Å². The summed E-state index contributed by atoms with van der Waals surface area (Å²) in [5, 5.41) is 163. The second kappa shape index (κ2) is 24.1. The zero-order valence-corrected chi connectivity index (χ0v) is 50.3. The summed E-state index contributed by atoms with van der Waals surface area (Å²) in [6, 6.07) is 0. The van der Waals surface area contributed by atoms with Crippen molar-refractivity contribution < 1.29 is 124 Å². The minimum absolute atomic E-state index is 0.118. The number of aliphatic hydroxyl groups is 15. The molecule has 488 valence electrons. The first-order valence-electron chi connectivity index (χ1n) is 30.9. The van der Waals surface area contributed by atoms with Crippen LogP contribution in [0.2, 0.25) is 0 Å². The number of fused-ring (bicyclic) bond motifs is 7. The molecule has 15 N–H and O–H groups in total. The lowest BCUT2D eigenvalue weighted by atomic mass is 9.33.